The first kappa shape index (κ1) is 15.3. The lowest BCUT2D eigenvalue weighted by Gasteiger charge is -2.17. The van der Waals surface area contributed by atoms with Gasteiger partial charge >= 0.3 is 6.18 Å². The molecule has 0 radical (unpaired) electrons. The molecule has 0 unspecified atom stereocenters. The number of hydrogen-bond donors (Lipinski definition) is 3. The van der Waals surface area contributed by atoms with Crippen molar-refractivity contribution in [1.29, 1.82) is 0 Å². The van der Waals surface area contributed by atoms with E-state index < -0.39 is 17.9 Å². The third-order valence-electron chi connectivity index (χ3n) is 3.43. The largest absolute Gasteiger partial charge is 0.431 e. The van der Waals surface area contributed by atoms with E-state index >= 15 is 0 Å². The second-order valence-corrected chi connectivity index (χ2v) is 4.96. The topological polar surface area (TPSA) is 73.8 Å². The summed E-state index contributed by atoms with van der Waals surface area (Å²) in [5.41, 5.74) is -0.00997. The first-order valence-corrected chi connectivity index (χ1v) is 6.82. The molecule has 1 atom stereocenters. The van der Waals surface area contributed by atoms with Gasteiger partial charge in [-0.3, -0.25) is 0 Å². The maximum atomic E-state index is 12.8. The van der Waals surface area contributed by atoms with Crippen molar-refractivity contribution < 1.29 is 18.3 Å². The van der Waals surface area contributed by atoms with E-state index in [1.54, 1.807) is 0 Å². The Morgan fingerprint density at radius 3 is 2.57 bits per heavy atom. The molecule has 1 aromatic carbocycles. The lowest BCUT2D eigenvalue weighted by Crippen LogP contribution is -2.15. The van der Waals surface area contributed by atoms with E-state index in [-0.39, 0.29) is 23.5 Å². The van der Waals surface area contributed by atoms with Crippen molar-refractivity contribution in [3.05, 3.63) is 54.0 Å². The molecule has 0 aliphatic heterocycles. The standard InChI is InChI=1S/C15H13F3N4O/c16-15(17,18)12-6-10-13(19-8-20-14(10)22-12)21-11(7-23)9-4-2-1-3-5-9/h1-6,8,11,23H,7H2,(H2,19,20,21,22)/t11-/m0/s1. The highest BCUT2D eigenvalue weighted by Crippen LogP contribution is 2.33. The molecule has 120 valence electrons. The van der Waals surface area contributed by atoms with E-state index in [0.717, 1.165) is 11.6 Å². The number of rotatable bonds is 4. The van der Waals surface area contributed by atoms with Crippen molar-refractivity contribution in [1.82, 2.24) is 15.0 Å². The average molecular weight is 322 g/mol. The van der Waals surface area contributed by atoms with Crippen LogP contribution in [0, 0.1) is 0 Å². The molecule has 0 saturated heterocycles. The Hall–Kier alpha value is -2.61. The molecule has 23 heavy (non-hydrogen) atoms. The maximum Gasteiger partial charge on any atom is 0.431 e. The summed E-state index contributed by atoms with van der Waals surface area (Å²) in [6, 6.07) is 9.55. The van der Waals surface area contributed by atoms with Crippen molar-refractivity contribution in [3.63, 3.8) is 0 Å². The van der Waals surface area contributed by atoms with Gasteiger partial charge in [-0.2, -0.15) is 13.2 Å². The van der Waals surface area contributed by atoms with Gasteiger partial charge in [0, 0.05) is 0 Å². The summed E-state index contributed by atoms with van der Waals surface area (Å²) >= 11 is 0. The number of anilines is 1. The molecule has 0 saturated carbocycles. The van der Waals surface area contributed by atoms with Crippen LogP contribution >= 0.6 is 0 Å². The van der Waals surface area contributed by atoms with Crippen LogP contribution in [-0.2, 0) is 6.18 Å². The second-order valence-electron chi connectivity index (χ2n) is 4.96. The summed E-state index contributed by atoms with van der Waals surface area (Å²) in [6.07, 6.45) is -3.32. The molecule has 0 amide bonds. The number of fused-ring (bicyclic) bond motifs is 1. The van der Waals surface area contributed by atoms with Crippen LogP contribution in [0.3, 0.4) is 0 Å². The van der Waals surface area contributed by atoms with Crippen molar-refractivity contribution in [2.24, 2.45) is 0 Å². The Bertz CT molecular complexity index is 801. The number of aromatic amines is 1. The van der Waals surface area contributed by atoms with Gasteiger partial charge in [0.25, 0.3) is 0 Å². The first-order valence-electron chi connectivity index (χ1n) is 6.82. The molecular weight excluding hydrogens is 309 g/mol. The lowest BCUT2D eigenvalue weighted by molar-refractivity contribution is -0.140. The SMILES string of the molecule is OC[C@H](Nc1ncnc2[nH]c(C(F)(F)F)cc12)c1ccccc1. The molecule has 0 aliphatic carbocycles. The zero-order valence-electron chi connectivity index (χ0n) is 11.8. The number of aliphatic hydroxyl groups excluding tert-OH is 1. The number of nitrogens with zero attached hydrogens (tertiary/aromatic N) is 2. The predicted molar refractivity (Wildman–Crippen MR) is 78.8 cm³/mol. The van der Waals surface area contributed by atoms with Gasteiger partial charge in [-0.25, -0.2) is 9.97 Å². The van der Waals surface area contributed by atoms with Crippen molar-refractivity contribution in [2.45, 2.75) is 12.2 Å². The molecule has 3 N–H and O–H groups in total. The van der Waals surface area contributed by atoms with E-state index in [1.807, 2.05) is 30.3 Å². The molecular formula is C15H13F3N4O. The van der Waals surface area contributed by atoms with Gasteiger partial charge in [0.1, 0.15) is 23.5 Å². The van der Waals surface area contributed by atoms with Crippen LogP contribution in [0.1, 0.15) is 17.3 Å². The number of benzene rings is 1. The zero-order chi connectivity index (χ0) is 16.4. The molecule has 0 spiro atoms. The Balaban J connectivity index is 1.98. The molecule has 2 aromatic heterocycles. The molecule has 2 heterocycles. The number of alkyl halides is 3. The minimum absolute atomic E-state index is 0.0829. The normalized spacial score (nSPS) is 13.2. The van der Waals surface area contributed by atoms with Gasteiger partial charge in [0.2, 0.25) is 0 Å². The average Bonchev–Trinajstić information content (AvgIpc) is 2.98. The van der Waals surface area contributed by atoms with Crippen LogP contribution in [-0.4, -0.2) is 26.7 Å². The maximum absolute atomic E-state index is 12.8. The summed E-state index contributed by atoms with van der Waals surface area (Å²) in [7, 11) is 0. The monoisotopic (exact) mass is 322 g/mol. The van der Waals surface area contributed by atoms with E-state index in [9.17, 15) is 18.3 Å². The smallest absolute Gasteiger partial charge is 0.394 e. The van der Waals surface area contributed by atoms with Gasteiger partial charge in [-0.05, 0) is 11.6 Å². The molecule has 3 aromatic rings. The molecule has 8 heteroatoms. The van der Waals surface area contributed by atoms with E-state index in [4.69, 9.17) is 0 Å². The minimum Gasteiger partial charge on any atom is -0.394 e. The highest BCUT2D eigenvalue weighted by Gasteiger charge is 2.33. The van der Waals surface area contributed by atoms with E-state index in [1.165, 1.54) is 6.33 Å². The molecule has 5 nitrogen and oxygen atoms in total. The highest BCUT2D eigenvalue weighted by atomic mass is 19.4. The number of hydrogen-bond acceptors (Lipinski definition) is 4. The molecule has 0 bridgehead atoms. The molecule has 0 fully saturated rings. The Labute approximate surface area is 129 Å². The van der Waals surface area contributed by atoms with Crippen LogP contribution in [0.15, 0.2) is 42.7 Å². The Kier molecular flexibility index (Phi) is 3.91. The van der Waals surface area contributed by atoms with Crippen molar-refractivity contribution >= 4 is 16.9 Å². The number of aliphatic hydroxyl groups is 1. The lowest BCUT2D eigenvalue weighted by atomic mass is 10.1. The Morgan fingerprint density at radius 2 is 1.91 bits per heavy atom. The van der Waals surface area contributed by atoms with Crippen molar-refractivity contribution in [2.75, 3.05) is 11.9 Å². The molecule has 3 rings (SSSR count). The zero-order valence-corrected chi connectivity index (χ0v) is 11.8. The second kappa shape index (κ2) is 5.88. The fourth-order valence-corrected chi connectivity index (χ4v) is 2.29. The number of H-pyrrole nitrogens is 1. The van der Waals surface area contributed by atoms with Crippen molar-refractivity contribution in [3.8, 4) is 0 Å². The third-order valence-corrected chi connectivity index (χ3v) is 3.43. The fourth-order valence-electron chi connectivity index (χ4n) is 2.29. The van der Waals surface area contributed by atoms with Gasteiger partial charge in [0.15, 0.2) is 0 Å². The summed E-state index contributed by atoms with van der Waals surface area (Å²) in [5, 5.41) is 12.7. The van der Waals surface area contributed by atoms with Gasteiger partial charge in [-0.1, -0.05) is 30.3 Å². The Morgan fingerprint density at radius 1 is 1.17 bits per heavy atom. The number of nitrogens with one attached hydrogen (secondary N) is 2. The van der Waals surface area contributed by atoms with Gasteiger partial charge < -0.3 is 15.4 Å². The summed E-state index contributed by atoms with van der Waals surface area (Å²) in [5.74, 6) is 0.227. The fraction of sp³-hybridized carbons (Fsp3) is 0.200. The van der Waals surface area contributed by atoms with Crippen LogP contribution < -0.4 is 5.32 Å². The minimum atomic E-state index is -4.49. The number of halogens is 3. The van der Waals surface area contributed by atoms with Crippen LogP contribution in [0.4, 0.5) is 19.0 Å². The predicted octanol–water partition coefficient (Wildman–Crippen LogP) is 3.12. The van der Waals surface area contributed by atoms with Crippen LogP contribution in [0.2, 0.25) is 0 Å². The third kappa shape index (κ3) is 3.11. The van der Waals surface area contributed by atoms with Gasteiger partial charge in [0.05, 0.1) is 18.0 Å². The van der Waals surface area contributed by atoms with E-state index in [2.05, 4.69) is 20.3 Å². The highest BCUT2D eigenvalue weighted by molar-refractivity contribution is 5.87. The quantitative estimate of drug-likeness (QED) is 0.690. The van der Waals surface area contributed by atoms with Crippen LogP contribution in [0.5, 0.6) is 0 Å². The summed E-state index contributed by atoms with van der Waals surface area (Å²) in [4.78, 5) is 10.0. The number of aromatic nitrogens is 3. The van der Waals surface area contributed by atoms with Gasteiger partial charge in [-0.15, -0.1) is 0 Å². The summed E-state index contributed by atoms with van der Waals surface area (Å²) in [6.45, 7) is -0.230. The van der Waals surface area contributed by atoms with Crippen LogP contribution in [0.25, 0.3) is 11.0 Å². The van der Waals surface area contributed by atoms with E-state index in [0.29, 0.717) is 0 Å². The summed E-state index contributed by atoms with van der Waals surface area (Å²) < 4.78 is 38.4. The molecule has 0 aliphatic rings. The first-order chi connectivity index (χ1) is 11.0.